The van der Waals surface area contributed by atoms with E-state index in [-0.39, 0.29) is 23.6 Å². The van der Waals surface area contributed by atoms with Gasteiger partial charge in [-0.05, 0) is 55.7 Å². The summed E-state index contributed by atoms with van der Waals surface area (Å²) in [5.41, 5.74) is 10.5. The largest absolute Gasteiger partial charge is 0.333 e. The van der Waals surface area contributed by atoms with Gasteiger partial charge in [0.05, 0.1) is 11.4 Å². The number of amides is 1. The van der Waals surface area contributed by atoms with Gasteiger partial charge in [-0.1, -0.05) is 36.9 Å². The summed E-state index contributed by atoms with van der Waals surface area (Å²) >= 11 is 0. The number of fused-ring (bicyclic) bond motifs is 2. The Hall–Kier alpha value is -4.50. The Balaban J connectivity index is 1.50. The molecule has 0 atom stereocenters. The summed E-state index contributed by atoms with van der Waals surface area (Å²) in [5, 5.41) is 3.99. The predicted molar refractivity (Wildman–Crippen MR) is 151 cm³/mol. The number of anilines is 5. The van der Waals surface area contributed by atoms with E-state index in [9.17, 15) is 9.59 Å². The maximum absolute atomic E-state index is 14.2. The summed E-state index contributed by atoms with van der Waals surface area (Å²) in [4.78, 5) is 39.8. The van der Waals surface area contributed by atoms with E-state index in [1.807, 2.05) is 66.4 Å². The molecule has 1 fully saturated rings. The minimum Gasteiger partial charge on any atom is -0.333 e. The molecule has 0 bridgehead atoms. The summed E-state index contributed by atoms with van der Waals surface area (Å²) in [6, 6.07) is 17.4. The van der Waals surface area contributed by atoms with Gasteiger partial charge in [0.1, 0.15) is 11.3 Å². The monoisotopic (exact) mass is 507 g/mol. The van der Waals surface area contributed by atoms with Crippen molar-refractivity contribution in [3.05, 3.63) is 89.4 Å². The third-order valence-corrected chi connectivity index (χ3v) is 7.35. The first-order valence-electron chi connectivity index (χ1n) is 12.8. The average molecular weight is 508 g/mol. The number of carbonyl (C=O) groups is 1. The number of aryl methyl sites for hydroxylation is 1. The topological polar surface area (TPSA) is 109 Å². The fourth-order valence-electron chi connectivity index (χ4n) is 5.41. The fraction of sp³-hybridized carbons (Fsp3) is 0.241. The molecule has 1 aliphatic heterocycles. The Morgan fingerprint density at radius 3 is 2.63 bits per heavy atom. The molecule has 1 amide bonds. The Morgan fingerprint density at radius 2 is 1.89 bits per heavy atom. The van der Waals surface area contributed by atoms with Gasteiger partial charge in [0, 0.05) is 42.4 Å². The molecule has 6 rings (SSSR count). The lowest BCUT2D eigenvalue weighted by Gasteiger charge is -2.39. The summed E-state index contributed by atoms with van der Waals surface area (Å²) < 4.78 is 1.78. The van der Waals surface area contributed by atoms with E-state index < -0.39 is 0 Å². The van der Waals surface area contributed by atoms with E-state index in [1.54, 1.807) is 15.7 Å². The molecule has 0 spiro atoms. The van der Waals surface area contributed by atoms with Crippen LogP contribution in [0.25, 0.3) is 11.0 Å². The van der Waals surface area contributed by atoms with Crippen LogP contribution >= 0.6 is 0 Å². The molecule has 2 aromatic carbocycles. The first-order valence-corrected chi connectivity index (χ1v) is 12.8. The van der Waals surface area contributed by atoms with Crippen molar-refractivity contribution in [3.63, 3.8) is 0 Å². The van der Waals surface area contributed by atoms with Crippen molar-refractivity contribution >= 4 is 45.6 Å². The Morgan fingerprint density at radius 1 is 1.11 bits per heavy atom. The van der Waals surface area contributed by atoms with E-state index in [1.165, 1.54) is 6.08 Å². The number of hydrogen-bond donors (Lipinski definition) is 2. The molecule has 9 nitrogen and oxygen atoms in total. The highest BCUT2D eigenvalue weighted by atomic mass is 16.2. The van der Waals surface area contributed by atoms with Crippen molar-refractivity contribution in [2.24, 2.45) is 5.73 Å². The zero-order valence-electron chi connectivity index (χ0n) is 21.2. The lowest BCUT2D eigenvalue weighted by atomic mass is 9.87. The van der Waals surface area contributed by atoms with Crippen LogP contribution < -0.4 is 26.4 Å². The second-order valence-electron chi connectivity index (χ2n) is 9.84. The molecular formula is C29H29N7O2. The third kappa shape index (κ3) is 4.01. The van der Waals surface area contributed by atoms with Crippen molar-refractivity contribution in [1.29, 1.82) is 0 Å². The van der Waals surface area contributed by atoms with Crippen LogP contribution in [0.1, 0.15) is 24.4 Å². The third-order valence-electron chi connectivity index (χ3n) is 7.35. The van der Waals surface area contributed by atoms with Crippen LogP contribution in [0, 0.1) is 6.92 Å². The Labute approximate surface area is 220 Å². The van der Waals surface area contributed by atoms with Crippen LogP contribution in [0.2, 0.25) is 0 Å². The smallest absolute Gasteiger partial charge is 0.276 e. The molecule has 2 aromatic heterocycles. The molecule has 1 saturated carbocycles. The highest BCUT2D eigenvalue weighted by Gasteiger charge is 2.34. The number of pyridine rings is 1. The number of hydrogen-bond acceptors (Lipinski definition) is 7. The van der Waals surface area contributed by atoms with E-state index in [4.69, 9.17) is 10.7 Å². The van der Waals surface area contributed by atoms with Gasteiger partial charge in [-0.25, -0.2) is 4.98 Å². The van der Waals surface area contributed by atoms with Gasteiger partial charge in [0.2, 0.25) is 5.95 Å². The van der Waals surface area contributed by atoms with Crippen LogP contribution in [0.15, 0.2) is 78.2 Å². The van der Waals surface area contributed by atoms with Crippen LogP contribution in [0.5, 0.6) is 0 Å². The standard InChI is InChI=1S/C29H29N7O2/c1-3-25(37)35-13-12-34(23-11-7-8-18(2)26(23)35)24-14-19-17-31-29(32-21-9-5-4-6-10-21)33-27(19)36(28(24)38)22-15-20(30)16-22/h3-11,14,17,20,22H,1,12-13,15-16,30H2,2H3,(H,31,32,33). The minimum absolute atomic E-state index is 0.0416. The van der Waals surface area contributed by atoms with E-state index in [0.717, 1.165) is 28.0 Å². The van der Waals surface area contributed by atoms with Gasteiger partial charge in [0.15, 0.2) is 0 Å². The second kappa shape index (κ2) is 9.42. The van der Waals surface area contributed by atoms with Crippen LogP contribution in [0.4, 0.5) is 28.7 Å². The fourth-order valence-corrected chi connectivity index (χ4v) is 5.41. The van der Waals surface area contributed by atoms with Gasteiger partial charge in [-0.2, -0.15) is 4.98 Å². The number of rotatable bonds is 5. The summed E-state index contributed by atoms with van der Waals surface area (Å²) in [7, 11) is 0. The van der Waals surface area contributed by atoms with Crippen molar-refractivity contribution in [1.82, 2.24) is 14.5 Å². The first kappa shape index (κ1) is 23.9. The molecule has 0 radical (unpaired) electrons. The maximum Gasteiger partial charge on any atom is 0.276 e. The molecule has 4 aromatic rings. The number of carbonyl (C=O) groups excluding carboxylic acids is 1. The molecule has 9 heteroatoms. The predicted octanol–water partition coefficient (Wildman–Crippen LogP) is 4.18. The van der Waals surface area contributed by atoms with E-state index in [2.05, 4.69) is 16.9 Å². The van der Waals surface area contributed by atoms with Crippen molar-refractivity contribution in [3.8, 4) is 0 Å². The number of nitrogens with zero attached hydrogens (tertiary/aromatic N) is 5. The van der Waals surface area contributed by atoms with Crippen molar-refractivity contribution in [2.75, 3.05) is 28.2 Å². The molecule has 0 unspecified atom stereocenters. The molecular weight excluding hydrogens is 478 g/mol. The van der Waals surface area contributed by atoms with Crippen molar-refractivity contribution in [2.45, 2.75) is 31.8 Å². The van der Waals surface area contributed by atoms with Crippen molar-refractivity contribution < 1.29 is 4.79 Å². The lowest BCUT2D eigenvalue weighted by molar-refractivity contribution is -0.114. The molecule has 3 N–H and O–H groups in total. The normalized spacial score (nSPS) is 18.6. The van der Waals surface area contributed by atoms with Gasteiger partial charge in [0.25, 0.3) is 11.5 Å². The van der Waals surface area contributed by atoms with Gasteiger partial charge in [-0.3, -0.25) is 14.2 Å². The first-order chi connectivity index (χ1) is 18.4. The Kier molecular flexibility index (Phi) is 5.92. The molecule has 0 saturated heterocycles. The summed E-state index contributed by atoms with van der Waals surface area (Å²) in [6.45, 7) is 6.53. The molecule has 1 aliphatic carbocycles. The highest BCUT2D eigenvalue weighted by molar-refractivity contribution is 6.05. The molecule has 3 heterocycles. The maximum atomic E-state index is 14.2. The van der Waals surface area contributed by atoms with Crippen LogP contribution in [-0.2, 0) is 4.79 Å². The zero-order chi connectivity index (χ0) is 26.4. The molecule has 38 heavy (non-hydrogen) atoms. The summed E-state index contributed by atoms with van der Waals surface area (Å²) in [5.74, 6) is 0.261. The number of nitrogens with one attached hydrogen (secondary N) is 1. The Bertz CT molecular complexity index is 1610. The van der Waals surface area contributed by atoms with Gasteiger partial charge >= 0.3 is 0 Å². The number of para-hydroxylation sites is 2. The number of aromatic nitrogens is 3. The number of nitrogens with two attached hydrogens (primary N) is 1. The summed E-state index contributed by atoms with van der Waals surface area (Å²) in [6.07, 6.45) is 4.50. The van der Waals surface area contributed by atoms with Gasteiger partial charge in [-0.15, -0.1) is 0 Å². The van der Waals surface area contributed by atoms with E-state index in [0.29, 0.717) is 43.2 Å². The minimum atomic E-state index is -0.161. The average Bonchev–Trinajstić information content (AvgIpc) is 2.91. The number of benzene rings is 2. The quantitative estimate of drug-likeness (QED) is 0.390. The lowest BCUT2D eigenvalue weighted by Crippen LogP contribution is -2.45. The molecule has 2 aliphatic rings. The highest BCUT2D eigenvalue weighted by Crippen LogP contribution is 2.40. The van der Waals surface area contributed by atoms with Gasteiger partial charge < -0.3 is 20.9 Å². The van der Waals surface area contributed by atoms with Crippen LogP contribution in [0.3, 0.4) is 0 Å². The van der Waals surface area contributed by atoms with Crippen LogP contribution in [-0.4, -0.2) is 39.6 Å². The molecule has 192 valence electrons. The second-order valence-corrected chi connectivity index (χ2v) is 9.84. The SMILES string of the molecule is C=CC(=O)N1CCN(c2cc3cnc(Nc4ccccc4)nc3n(C3CC(N)C3)c2=O)c2cccc(C)c21. The zero-order valence-corrected chi connectivity index (χ0v) is 21.2. The van der Waals surface area contributed by atoms with E-state index >= 15 is 0 Å².